The predicted molar refractivity (Wildman–Crippen MR) is 145 cm³/mol. The van der Waals surface area contributed by atoms with Crippen molar-refractivity contribution < 1.29 is 0 Å². The number of fused-ring (bicyclic) bond motifs is 3. The fraction of sp³-hybridized carbons (Fsp3) is 0.0323. The standard InChI is InChI=1S/C31H23NS/c1-32(25-18-14-23(15-19-25)22-8-3-2-4-9-22)26-20-16-24(17-21-26)27-11-7-13-30-31(27)28-10-5-6-12-29(28)33-30/h2-21H,1H3. The fourth-order valence-corrected chi connectivity index (χ4v) is 5.67. The minimum atomic E-state index is 1.17. The molecule has 0 unspecified atom stereocenters. The van der Waals surface area contributed by atoms with Crippen LogP contribution in [0.2, 0.25) is 0 Å². The maximum atomic E-state index is 2.24. The molecule has 2 heteroatoms. The van der Waals surface area contributed by atoms with E-state index in [1.807, 2.05) is 11.3 Å². The van der Waals surface area contributed by atoms with Gasteiger partial charge in [-0.3, -0.25) is 0 Å². The molecule has 0 atom stereocenters. The van der Waals surface area contributed by atoms with E-state index < -0.39 is 0 Å². The van der Waals surface area contributed by atoms with Crippen LogP contribution in [0.5, 0.6) is 0 Å². The molecule has 0 amide bonds. The van der Waals surface area contributed by atoms with Gasteiger partial charge in [0.15, 0.2) is 0 Å². The molecule has 0 saturated heterocycles. The number of benzene rings is 5. The second kappa shape index (κ2) is 8.23. The lowest BCUT2D eigenvalue weighted by atomic mass is 9.99. The minimum Gasteiger partial charge on any atom is -0.345 e. The molecule has 1 heterocycles. The van der Waals surface area contributed by atoms with Crippen molar-refractivity contribution in [1.82, 2.24) is 0 Å². The van der Waals surface area contributed by atoms with Crippen LogP contribution in [0, 0.1) is 0 Å². The first-order valence-electron chi connectivity index (χ1n) is 11.2. The van der Waals surface area contributed by atoms with Gasteiger partial charge in [0, 0.05) is 38.6 Å². The first kappa shape index (κ1) is 19.8. The van der Waals surface area contributed by atoms with Gasteiger partial charge in [-0.05, 0) is 58.7 Å². The van der Waals surface area contributed by atoms with Crippen LogP contribution in [0.4, 0.5) is 11.4 Å². The zero-order valence-corrected chi connectivity index (χ0v) is 19.2. The van der Waals surface area contributed by atoms with E-state index in [1.54, 1.807) is 0 Å². The molecule has 0 aliphatic carbocycles. The Morgan fingerprint density at radius 1 is 0.485 bits per heavy atom. The van der Waals surface area contributed by atoms with Crippen molar-refractivity contribution in [3.63, 3.8) is 0 Å². The van der Waals surface area contributed by atoms with E-state index >= 15 is 0 Å². The van der Waals surface area contributed by atoms with E-state index in [4.69, 9.17) is 0 Å². The van der Waals surface area contributed by atoms with Crippen LogP contribution < -0.4 is 4.90 Å². The molecule has 1 nitrogen and oxygen atoms in total. The van der Waals surface area contributed by atoms with Crippen LogP contribution in [0.15, 0.2) is 121 Å². The summed E-state index contributed by atoms with van der Waals surface area (Å²) in [5.74, 6) is 0. The first-order valence-corrected chi connectivity index (χ1v) is 12.0. The van der Waals surface area contributed by atoms with Crippen LogP contribution in [-0.2, 0) is 0 Å². The Bertz CT molecular complexity index is 1540. The molecule has 0 N–H and O–H groups in total. The van der Waals surface area contributed by atoms with Gasteiger partial charge in [0.25, 0.3) is 0 Å². The Morgan fingerprint density at radius 2 is 1.06 bits per heavy atom. The summed E-state index contributed by atoms with van der Waals surface area (Å²) in [7, 11) is 2.12. The summed E-state index contributed by atoms with van der Waals surface area (Å²) in [6, 6.07) is 43.5. The van der Waals surface area contributed by atoms with Crippen molar-refractivity contribution in [2.45, 2.75) is 0 Å². The van der Waals surface area contributed by atoms with E-state index in [0.717, 1.165) is 0 Å². The van der Waals surface area contributed by atoms with Gasteiger partial charge >= 0.3 is 0 Å². The second-order valence-electron chi connectivity index (χ2n) is 8.30. The predicted octanol–water partition coefficient (Wildman–Crippen LogP) is 9.16. The van der Waals surface area contributed by atoms with Gasteiger partial charge in [-0.15, -0.1) is 11.3 Å². The van der Waals surface area contributed by atoms with E-state index in [-0.39, 0.29) is 0 Å². The number of hydrogen-bond acceptors (Lipinski definition) is 2. The van der Waals surface area contributed by atoms with Gasteiger partial charge in [-0.1, -0.05) is 84.9 Å². The highest BCUT2D eigenvalue weighted by Crippen LogP contribution is 2.40. The molecule has 1 aromatic heterocycles. The lowest BCUT2D eigenvalue weighted by Crippen LogP contribution is -2.08. The molecule has 0 aliphatic heterocycles. The highest BCUT2D eigenvalue weighted by atomic mass is 32.1. The van der Waals surface area contributed by atoms with Crippen molar-refractivity contribution >= 4 is 42.9 Å². The van der Waals surface area contributed by atoms with Crippen LogP contribution >= 0.6 is 11.3 Å². The van der Waals surface area contributed by atoms with Gasteiger partial charge in [-0.25, -0.2) is 0 Å². The molecular formula is C31H23NS. The molecule has 0 aliphatic rings. The minimum absolute atomic E-state index is 1.17. The molecule has 6 aromatic rings. The molecule has 0 spiro atoms. The topological polar surface area (TPSA) is 3.24 Å². The number of hydrogen-bond donors (Lipinski definition) is 0. The number of nitrogens with zero attached hydrogens (tertiary/aromatic N) is 1. The smallest absolute Gasteiger partial charge is 0.0408 e. The molecule has 0 radical (unpaired) electrons. The third-order valence-electron chi connectivity index (χ3n) is 6.33. The lowest BCUT2D eigenvalue weighted by molar-refractivity contribution is 1.21. The number of anilines is 2. The van der Waals surface area contributed by atoms with Crippen LogP contribution in [0.1, 0.15) is 0 Å². The highest BCUT2D eigenvalue weighted by Gasteiger charge is 2.11. The van der Waals surface area contributed by atoms with Gasteiger partial charge in [0.1, 0.15) is 0 Å². The SMILES string of the molecule is CN(c1ccc(-c2ccccc2)cc1)c1ccc(-c2cccc3sc4ccccc4c23)cc1. The average molecular weight is 442 g/mol. The van der Waals surface area contributed by atoms with Crippen molar-refractivity contribution in [3.8, 4) is 22.3 Å². The monoisotopic (exact) mass is 441 g/mol. The third-order valence-corrected chi connectivity index (χ3v) is 7.47. The lowest BCUT2D eigenvalue weighted by Gasteiger charge is -2.20. The Balaban J connectivity index is 1.32. The molecule has 0 bridgehead atoms. The van der Waals surface area contributed by atoms with Crippen molar-refractivity contribution in [2.75, 3.05) is 11.9 Å². The molecular weight excluding hydrogens is 418 g/mol. The average Bonchev–Trinajstić information content (AvgIpc) is 3.28. The van der Waals surface area contributed by atoms with E-state index in [0.29, 0.717) is 0 Å². The van der Waals surface area contributed by atoms with Crippen molar-refractivity contribution in [3.05, 3.63) is 121 Å². The molecule has 0 saturated carbocycles. The quantitative estimate of drug-likeness (QED) is 0.263. The van der Waals surface area contributed by atoms with E-state index in [9.17, 15) is 0 Å². The van der Waals surface area contributed by atoms with Crippen molar-refractivity contribution in [2.24, 2.45) is 0 Å². The van der Waals surface area contributed by atoms with Crippen LogP contribution in [0.3, 0.4) is 0 Å². The highest BCUT2D eigenvalue weighted by molar-refractivity contribution is 7.25. The van der Waals surface area contributed by atoms with Gasteiger partial charge < -0.3 is 4.90 Å². The maximum absolute atomic E-state index is 2.24. The maximum Gasteiger partial charge on any atom is 0.0408 e. The summed E-state index contributed by atoms with van der Waals surface area (Å²) in [5.41, 5.74) is 7.37. The fourth-order valence-electron chi connectivity index (χ4n) is 4.54. The van der Waals surface area contributed by atoms with Gasteiger partial charge in [0.05, 0.1) is 0 Å². The van der Waals surface area contributed by atoms with Gasteiger partial charge in [-0.2, -0.15) is 0 Å². The summed E-state index contributed by atoms with van der Waals surface area (Å²) in [6.45, 7) is 0. The molecule has 158 valence electrons. The van der Waals surface area contributed by atoms with Crippen LogP contribution in [-0.4, -0.2) is 7.05 Å². The molecule has 0 fully saturated rings. The first-order chi connectivity index (χ1) is 16.3. The Kier molecular flexibility index (Phi) is 4.93. The Hall–Kier alpha value is -3.88. The molecule has 5 aromatic carbocycles. The van der Waals surface area contributed by atoms with Crippen molar-refractivity contribution in [1.29, 1.82) is 0 Å². The Labute approximate surface area is 198 Å². The largest absolute Gasteiger partial charge is 0.345 e. The summed E-state index contributed by atoms with van der Waals surface area (Å²) in [6.07, 6.45) is 0. The molecule has 6 rings (SSSR count). The second-order valence-corrected chi connectivity index (χ2v) is 9.38. The summed E-state index contributed by atoms with van der Waals surface area (Å²) >= 11 is 1.87. The normalized spacial score (nSPS) is 11.2. The molecule has 33 heavy (non-hydrogen) atoms. The third kappa shape index (κ3) is 3.59. The summed E-state index contributed by atoms with van der Waals surface area (Å²) in [5, 5.41) is 2.70. The van der Waals surface area contributed by atoms with E-state index in [2.05, 4.69) is 133 Å². The Morgan fingerprint density at radius 3 is 1.79 bits per heavy atom. The zero-order chi connectivity index (χ0) is 22.2. The zero-order valence-electron chi connectivity index (χ0n) is 18.4. The summed E-state index contributed by atoms with van der Waals surface area (Å²) < 4.78 is 2.68. The van der Waals surface area contributed by atoms with Crippen LogP contribution in [0.25, 0.3) is 42.4 Å². The van der Waals surface area contributed by atoms with E-state index in [1.165, 1.54) is 53.8 Å². The van der Waals surface area contributed by atoms with Gasteiger partial charge in [0.2, 0.25) is 0 Å². The number of rotatable bonds is 4. The number of thiophene rings is 1. The summed E-state index contributed by atoms with van der Waals surface area (Å²) in [4.78, 5) is 2.24.